The van der Waals surface area contributed by atoms with E-state index in [1.165, 1.54) is 11.1 Å². The molecule has 106 valence electrons. The summed E-state index contributed by atoms with van der Waals surface area (Å²) in [5.41, 5.74) is 6.01. The monoisotopic (exact) mass is 286 g/mol. The molecule has 4 nitrogen and oxygen atoms in total. The summed E-state index contributed by atoms with van der Waals surface area (Å²) in [6.07, 6.45) is 10.3. The van der Waals surface area contributed by atoms with Crippen LogP contribution >= 0.6 is 0 Å². The highest BCUT2D eigenvalue weighted by molar-refractivity contribution is 5.84. The largest absolute Gasteiger partial charge is 0.327 e. The molecule has 2 heterocycles. The van der Waals surface area contributed by atoms with Gasteiger partial charge in [0.25, 0.3) is 0 Å². The van der Waals surface area contributed by atoms with E-state index in [1.807, 2.05) is 37.6 Å². The molecule has 0 bridgehead atoms. The number of allylic oxidation sites excluding steroid dienone is 1. The maximum Gasteiger partial charge on any atom is 0.143 e. The molecule has 22 heavy (non-hydrogen) atoms. The molecule has 0 spiro atoms. The van der Waals surface area contributed by atoms with Crippen LogP contribution in [0.4, 0.5) is 0 Å². The van der Waals surface area contributed by atoms with Gasteiger partial charge in [0.2, 0.25) is 0 Å². The molecule has 0 saturated heterocycles. The molecule has 0 aliphatic heterocycles. The van der Waals surface area contributed by atoms with E-state index in [4.69, 9.17) is 10.2 Å². The molecular formula is C18H14N4. The summed E-state index contributed by atoms with van der Waals surface area (Å²) in [7, 11) is 2.00. The SMILES string of the molecule is Cn1c(-c2cncc3c2C=CCC3)nc2cc(C#N)ccc21. The molecule has 0 atom stereocenters. The van der Waals surface area contributed by atoms with Gasteiger partial charge in [-0.1, -0.05) is 12.2 Å². The summed E-state index contributed by atoms with van der Waals surface area (Å²) in [5.74, 6) is 0.890. The first-order chi connectivity index (χ1) is 10.8. The number of aromatic nitrogens is 3. The van der Waals surface area contributed by atoms with Gasteiger partial charge in [0, 0.05) is 25.0 Å². The van der Waals surface area contributed by atoms with Gasteiger partial charge in [-0.2, -0.15) is 5.26 Å². The van der Waals surface area contributed by atoms with Gasteiger partial charge in [-0.15, -0.1) is 0 Å². The lowest BCUT2D eigenvalue weighted by Gasteiger charge is -2.14. The van der Waals surface area contributed by atoms with E-state index < -0.39 is 0 Å². The number of hydrogen-bond donors (Lipinski definition) is 0. The minimum atomic E-state index is 0.630. The normalized spacial score (nSPS) is 13.1. The van der Waals surface area contributed by atoms with Gasteiger partial charge >= 0.3 is 0 Å². The lowest BCUT2D eigenvalue weighted by atomic mass is 9.95. The van der Waals surface area contributed by atoms with Crippen LogP contribution in [0.3, 0.4) is 0 Å². The summed E-state index contributed by atoms with van der Waals surface area (Å²) >= 11 is 0. The summed E-state index contributed by atoms with van der Waals surface area (Å²) in [5, 5.41) is 9.04. The summed E-state index contributed by atoms with van der Waals surface area (Å²) < 4.78 is 2.07. The summed E-state index contributed by atoms with van der Waals surface area (Å²) in [6, 6.07) is 7.77. The average Bonchev–Trinajstić information content (AvgIpc) is 2.90. The van der Waals surface area contributed by atoms with Crippen LogP contribution in [0.5, 0.6) is 0 Å². The average molecular weight is 286 g/mol. The summed E-state index contributed by atoms with van der Waals surface area (Å²) in [6.45, 7) is 0. The van der Waals surface area contributed by atoms with E-state index in [2.05, 4.69) is 27.8 Å². The van der Waals surface area contributed by atoms with Crippen LogP contribution in [0.2, 0.25) is 0 Å². The molecular weight excluding hydrogens is 272 g/mol. The number of nitrogens with zero attached hydrogens (tertiary/aromatic N) is 4. The lowest BCUT2D eigenvalue weighted by Crippen LogP contribution is -2.01. The molecule has 0 fully saturated rings. The first-order valence-corrected chi connectivity index (χ1v) is 7.28. The fourth-order valence-corrected chi connectivity index (χ4v) is 3.04. The van der Waals surface area contributed by atoms with E-state index in [0.717, 1.165) is 35.3 Å². The maximum atomic E-state index is 9.04. The third kappa shape index (κ3) is 1.83. The first kappa shape index (κ1) is 12.8. The van der Waals surface area contributed by atoms with Crippen molar-refractivity contribution in [2.75, 3.05) is 0 Å². The summed E-state index contributed by atoms with van der Waals surface area (Å²) in [4.78, 5) is 9.12. The van der Waals surface area contributed by atoms with Crippen molar-refractivity contribution in [3.05, 3.63) is 53.4 Å². The predicted octanol–water partition coefficient (Wildman–Crippen LogP) is 3.47. The van der Waals surface area contributed by atoms with Crippen molar-refractivity contribution in [2.45, 2.75) is 12.8 Å². The van der Waals surface area contributed by atoms with Crippen molar-refractivity contribution in [2.24, 2.45) is 7.05 Å². The number of benzene rings is 1. The van der Waals surface area contributed by atoms with Crippen LogP contribution in [-0.4, -0.2) is 14.5 Å². The smallest absolute Gasteiger partial charge is 0.143 e. The Morgan fingerprint density at radius 3 is 3.05 bits per heavy atom. The van der Waals surface area contributed by atoms with E-state index in [9.17, 15) is 0 Å². The minimum Gasteiger partial charge on any atom is -0.327 e. The highest BCUT2D eigenvalue weighted by Gasteiger charge is 2.16. The van der Waals surface area contributed by atoms with Crippen LogP contribution in [0.1, 0.15) is 23.1 Å². The van der Waals surface area contributed by atoms with Crippen molar-refractivity contribution in [1.29, 1.82) is 5.26 Å². The van der Waals surface area contributed by atoms with Gasteiger partial charge in [0.1, 0.15) is 5.82 Å². The van der Waals surface area contributed by atoms with Gasteiger partial charge in [-0.05, 0) is 42.2 Å². The zero-order chi connectivity index (χ0) is 15.1. The van der Waals surface area contributed by atoms with Crippen LogP contribution in [0.15, 0.2) is 36.7 Å². The molecule has 0 radical (unpaired) electrons. The third-order valence-electron chi connectivity index (χ3n) is 4.19. The standard InChI is InChI=1S/C18H14N4/c1-22-17-7-6-12(9-19)8-16(17)21-18(22)15-11-20-10-13-4-2-3-5-14(13)15/h3,5-8,10-11H,2,4H2,1H3. The van der Waals surface area contributed by atoms with Crippen LogP contribution < -0.4 is 0 Å². The van der Waals surface area contributed by atoms with Crippen molar-refractivity contribution >= 4 is 17.1 Å². The Morgan fingerprint density at radius 2 is 2.18 bits per heavy atom. The van der Waals surface area contributed by atoms with E-state index in [-0.39, 0.29) is 0 Å². The van der Waals surface area contributed by atoms with Crippen molar-refractivity contribution < 1.29 is 0 Å². The van der Waals surface area contributed by atoms with Gasteiger partial charge in [-0.25, -0.2) is 4.98 Å². The van der Waals surface area contributed by atoms with E-state index in [1.54, 1.807) is 0 Å². The fourth-order valence-electron chi connectivity index (χ4n) is 3.04. The quantitative estimate of drug-likeness (QED) is 0.688. The Kier molecular flexibility index (Phi) is 2.80. The highest BCUT2D eigenvalue weighted by atomic mass is 15.1. The number of rotatable bonds is 1. The molecule has 4 heteroatoms. The van der Waals surface area contributed by atoms with E-state index in [0.29, 0.717) is 5.56 Å². The molecule has 0 unspecified atom stereocenters. The van der Waals surface area contributed by atoms with E-state index >= 15 is 0 Å². The molecule has 4 rings (SSSR count). The van der Waals surface area contributed by atoms with Crippen molar-refractivity contribution in [3.63, 3.8) is 0 Å². The first-order valence-electron chi connectivity index (χ1n) is 7.28. The van der Waals surface area contributed by atoms with Crippen molar-refractivity contribution in [1.82, 2.24) is 14.5 Å². The zero-order valence-electron chi connectivity index (χ0n) is 12.2. The lowest BCUT2D eigenvalue weighted by molar-refractivity contribution is 0.942. The number of aryl methyl sites for hydroxylation is 2. The highest BCUT2D eigenvalue weighted by Crippen LogP contribution is 2.31. The molecule has 1 aliphatic rings. The predicted molar refractivity (Wildman–Crippen MR) is 86.0 cm³/mol. The van der Waals surface area contributed by atoms with Gasteiger partial charge in [-0.3, -0.25) is 4.98 Å². The minimum absolute atomic E-state index is 0.630. The van der Waals surface area contributed by atoms with Crippen LogP contribution in [-0.2, 0) is 13.5 Å². The molecule has 2 aromatic heterocycles. The fraction of sp³-hybridized carbons (Fsp3) is 0.167. The number of hydrogen-bond acceptors (Lipinski definition) is 3. The second-order valence-electron chi connectivity index (χ2n) is 5.51. The van der Waals surface area contributed by atoms with Gasteiger partial charge < -0.3 is 4.57 Å². The molecule has 1 aromatic carbocycles. The zero-order valence-corrected chi connectivity index (χ0v) is 12.2. The molecule has 0 N–H and O–H groups in total. The van der Waals surface area contributed by atoms with Gasteiger partial charge in [0.15, 0.2) is 0 Å². The Morgan fingerprint density at radius 1 is 1.27 bits per heavy atom. The van der Waals surface area contributed by atoms with Crippen molar-refractivity contribution in [3.8, 4) is 17.5 Å². The van der Waals surface area contributed by atoms with Crippen LogP contribution in [0.25, 0.3) is 28.5 Å². The Labute approximate surface area is 128 Å². The third-order valence-corrected chi connectivity index (χ3v) is 4.19. The molecule has 0 amide bonds. The topological polar surface area (TPSA) is 54.5 Å². The number of imidazole rings is 1. The van der Waals surface area contributed by atoms with Crippen LogP contribution in [0, 0.1) is 11.3 Å². The Bertz CT molecular complexity index is 957. The van der Waals surface area contributed by atoms with Gasteiger partial charge in [0.05, 0.1) is 22.7 Å². The number of pyridine rings is 1. The molecule has 1 aliphatic carbocycles. The Hall–Kier alpha value is -2.93. The maximum absolute atomic E-state index is 9.04. The number of nitriles is 1. The number of fused-ring (bicyclic) bond motifs is 2. The molecule has 3 aromatic rings. The molecule has 0 saturated carbocycles. The Balaban J connectivity index is 1.98. The second kappa shape index (κ2) is 4.81. The second-order valence-corrected chi connectivity index (χ2v) is 5.51.